The zero-order valence-corrected chi connectivity index (χ0v) is 17.5. The minimum absolute atomic E-state index is 0.0586. The van der Waals surface area contributed by atoms with Crippen LogP contribution in [-0.4, -0.2) is 53.5 Å². The number of nitrogens with one attached hydrogen (secondary N) is 2. The van der Waals surface area contributed by atoms with E-state index in [9.17, 15) is 14.4 Å². The summed E-state index contributed by atoms with van der Waals surface area (Å²) in [4.78, 5) is 35.7. The van der Waals surface area contributed by atoms with Gasteiger partial charge in [-0.3, -0.25) is 4.79 Å². The molecule has 2 aliphatic rings. The SMILES string of the molecule is O=C(CC(NC(=O)OCC1c2ccccc2-c2ccccc21)C1CC1)NC(CO)C(=O)O. The molecular weight excluding hydrogens is 412 g/mol. The number of carboxylic acids is 1. The molecule has 2 unspecified atom stereocenters. The fraction of sp³-hybridized carbons (Fsp3) is 0.375. The highest BCUT2D eigenvalue weighted by Crippen LogP contribution is 2.44. The molecule has 0 aromatic heterocycles. The van der Waals surface area contributed by atoms with Gasteiger partial charge in [0, 0.05) is 18.4 Å². The van der Waals surface area contributed by atoms with E-state index in [1.165, 1.54) is 0 Å². The van der Waals surface area contributed by atoms with Crippen LogP contribution in [0.1, 0.15) is 36.3 Å². The van der Waals surface area contributed by atoms with Gasteiger partial charge >= 0.3 is 12.1 Å². The van der Waals surface area contributed by atoms with E-state index in [1.807, 2.05) is 36.4 Å². The molecule has 0 radical (unpaired) electrons. The quantitative estimate of drug-likeness (QED) is 0.476. The number of carbonyl (C=O) groups is 3. The van der Waals surface area contributed by atoms with Gasteiger partial charge in [0.05, 0.1) is 6.61 Å². The van der Waals surface area contributed by atoms with Gasteiger partial charge in [0.15, 0.2) is 0 Å². The second kappa shape index (κ2) is 9.40. The number of carboxylic acid groups (broad SMARTS) is 1. The van der Waals surface area contributed by atoms with Crippen molar-refractivity contribution in [3.05, 3.63) is 59.7 Å². The van der Waals surface area contributed by atoms with Gasteiger partial charge in [0.1, 0.15) is 12.6 Å². The number of ether oxygens (including phenoxy) is 1. The second-order valence-corrected chi connectivity index (χ2v) is 8.26. The van der Waals surface area contributed by atoms with E-state index < -0.39 is 36.7 Å². The van der Waals surface area contributed by atoms with Crippen LogP contribution in [-0.2, 0) is 14.3 Å². The Kier molecular flexibility index (Phi) is 6.41. The van der Waals surface area contributed by atoms with E-state index >= 15 is 0 Å². The molecule has 2 amide bonds. The largest absolute Gasteiger partial charge is 0.480 e. The highest BCUT2D eigenvalue weighted by Gasteiger charge is 2.35. The molecule has 4 N–H and O–H groups in total. The smallest absolute Gasteiger partial charge is 0.407 e. The Morgan fingerprint density at radius 2 is 1.56 bits per heavy atom. The average molecular weight is 438 g/mol. The molecule has 1 saturated carbocycles. The Hall–Kier alpha value is -3.39. The minimum atomic E-state index is -1.36. The number of alkyl carbamates (subject to hydrolysis) is 1. The Labute approximate surface area is 185 Å². The standard InChI is InChI=1S/C24H26N2O6/c27-12-21(23(29)30)25-22(28)11-20(14-9-10-14)26-24(31)32-13-19-17-7-3-1-5-15(17)16-6-2-4-8-18(16)19/h1-8,14,19-21,27H,9-13H2,(H,25,28)(H,26,31)(H,29,30). The van der Waals surface area contributed by atoms with Crippen LogP contribution in [0.4, 0.5) is 4.79 Å². The molecule has 168 valence electrons. The number of benzene rings is 2. The lowest BCUT2D eigenvalue weighted by Crippen LogP contribution is -2.47. The van der Waals surface area contributed by atoms with Gasteiger partial charge in [-0.25, -0.2) is 9.59 Å². The summed E-state index contributed by atoms with van der Waals surface area (Å²) in [7, 11) is 0. The lowest BCUT2D eigenvalue weighted by Gasteiger charge is -2.20. The minimum Gasteiger partial charge on any atom is -0.480 e. The molecular formula is C24H26N2O6. The van der Waals surface area contributed by atoms with Gasteiger partial charge in [-0.15, -0.1) is 0 Å². The molecule has 32 heavy (non-hydrogen) atoms. The van der Waals surface area contributed by atoms with Crippen LogP contribution in [0.5, 0.6) is 0 Å². The molecule has 2 aromatic rings. The van der Waals surface area contributed by atoms with Crippen molar-refractivity contribution < 1.29 is 29.3 Å². The molecule has 2 atom stereocenters. The van der Waals surface area contributed by atoms with Crippen LogP contribution in [0.25, 0.3) is 11.1 Å². The summed E-state index contributed by atoms with van der Waals surface area (Å²) in [5.41, 5.74) is 4.51. The van der Waals surface area contributed by atoms with Crippen LogP contribution in [0.15, 0.2) is 48.5 Å². The molecule has 0 spiro atoms. The average Bonchev–Trinajstić information content (AvgIpc) is 3.58. The van der Waals surface area contributed by atoms with Crippen molar-refractivity contribution in [2.75, 3.05) is 13.2 Å². The molecule has 0 saturated heterocycles. The number of carbonyl (C=O) groups excluding carboxylic acids is 2. The van der Waals surface area contributed by atoms with Crippen molar-refractivity contribution in [3.8, 4) is 11.1 Å². The first-order valence-electron chi connectivity index (χ1n) is 10.7. The van der Waals surface area contributed by atoms with Crippen molar-refractivity contribution >= 4 is 18.0 Å². The fourth-order valence-corrected chi connectivity index (χ4v) is 4.26. The Morgan fingerprint density at radius 3 is 2.09 bits per heavy atom. The number of fused-ring (bicyclic) bond motifs is 3. The summed E-state index contributed by atoms with van der Waals surface area (Å²) in [6.07, 6.45) is 1.08. The fourth-order valence-electron chi connectivity index (χ4n) is 4.26. The maximum Gasteiger partial charge on any atom is 0.407 e. The Morgan fingerprint density at radius 1 is 0.969 bits per heavy atom. The highest BCUT2D eigenvalue weighted by atomic mass is 16.5. The van der Waals surface area contributed by atoms with E-state index in [1.54, 1.807) is 0 Å². The summed E-state index contributed by atoms with van der Waals surface area (Å²) in [6.45, 7) is -0.524. The van der Waals surface area contributed by atoms with Crippen LogP contribution >= 0.6 is 0 Å². The molecule has 8 heteroatoms. The highest BCUT2D eigenvalue weighted by molar-refractivity contribution is 5.84. The molecule has 0 heterocycles. The zero-order chi connectivity index (χ0) is 22.7. The predicted octanol–water partition coefficient (Wildman–Crippen LogP) is 2.26. The van der Waals surface area contributed by atoms with Crippen molar-refractivity contribution in [2.45, 2.75) is 37.3 Å². The van der Waals surface area contributed by atoms with Crippen molar-refractivity contribution in [1.29, 1.82) is 0 Å². The summed E-state index contributed by atoms with van der Waals surface area (Å²) in [5.74, 6) is -1.76. The van der Waals surface area contributed by atoms with E-state index in [0.29, 0.717) is 0 Å². The summed E-state index contributed by atoms with van der Waals surface area (Å²) < 4.78 is 5.55. The molecule has 2 aliphatic carbocycles. The van der Waals surface area contributed by atoms with Gasteiger partial charge in [-0.2, -0.15) is 0 Å². The zero-order valence-electron chi connectivity index (χ0n) is 17.5. The van der Waals surface area contributed by atoms with E-state index in [4.69, 9.17) is 14.9 Å². The van der Waals surface area contributed by atoms with Crippen molar-refractivity contribution in [1.82, 2.24) is 10.6 Å². The molecule has 0 aliphatic heterocycles. The van der Waals surface area contributed by atoms with E-state index in [2.05, 4.69) is 22.8 Å². The lowest BCUT2D eigenvalue weighted by atomic mass is 9.98. The number of aliphatic hydroxyl groups excluding tert-OH is 1. The van der Waals surface area contributed by atoms with Gasteiger partial charge in [0.2, 0.25) is 5.91 Å². The molecule has 0 bridgehead atoms. The Balaban J connectivity index is 1.36. The monoisotopic (exact) mass is 438 g/mol. The van der Waals surface area contributed by atoms with Crippen LogP contribution in [0, 0.1) is 5.92 Å². The van der Waals surface area contributed by atoms with Gasteiger partial charge in [-0.05, 0) is 41.0 Å². The third-order valence-electron chi connectivity index (χ3n) is 6.06. The predicted molar refractivity (Wildman–Crippen MR) is 116 cm³/mol. The van der Waals surface area contributed by atoms with Crippen molar-refractivity contribution in [3.63, 3.8) is 0 Å². The van der Waals surface area contributed by atoms with Gasteiger partial charge in [0.25, 0.3) is 0 Å². The van der Waals surface area contributed by atoms with Crippen LogP contribution < -0.4 is 10.6 Å². The maximum atomic E-state index is 12.5. The number of aliphatic hydroxyl groups is 1. The topological polar surface area (TPSA) is 125 Å². The normalized spacial score (nSPS) is 16.4. The second-order valence-electron chi connectivity index (χ2n) is 8.26. The molecule has 8 nitrogen and oxygen atoms in total. The van der Waals surface area contributed by atoms with Gasteiger partial charge in [-0.1, -0.05) is 48.5 Å². The number of amides is 2. The molecule has 2 aromatic carbocycles. The summed E-state index contributed by atoms with van der Waals surface area (Å²) in [5, 5.41) is 23.1. The number of hydrogen-bond donors (Lipinski definition) is 4. The number of hydrogen-bond acceptors (Lipinski definition) is 5. The summed E-state index contributed by atoms with van der Waals surface area (Å²) >= 11 is 0. The first-order valence-corrected chi connectivity index (χ1v) is 10.7. The Bertz CT molecular complexity index is 974. The first-order chi connectivity index (χ1) is 15.5. The maximum absolute atomic E-state index is 12.5. The van der Waals surface area contributed by atoms with Crippen LogP contribution in [0.2, 0.25) is 0 Å². The van der Waals surface area contributed by atoms with Gasteiger partial charge < -0.3 is 25.6 Å². The third-order valence-corrected chi connectivity index (χ3v) is 6.06. The molecule has 4 rings (SSSR count). The lowest BCUT2D eigenvalue weighted by molar-refractivity contribution is -0.143. The number of aliphatic carboxylic acids is 1. The number of rotatable bonds is 9. The summed E-state index contributed by atoms with van der Waals surface area (Å²) in [6, 6.07) is 14.3. The van der Waals surface area contributed by atoms with Crippen molar-refractivity contribution in [2.24, 2.45) is 5.92 Å². The van der Waals surface area contributed by atoms with Crippen LogP contribution in [0.3, 0.4) is 0 Å². The van der Waals surface area contributed by atoms with E-state index in [0.717, 1.165) is 35.1 Å². The van der Waals surface area contributed by atoms with E-state index in [-0.39, 0.29) is 24.9 Å². The first kappa shape index (κ1) is 21.8. The molecule has 1 fully saturated rings. The third kappa shape index (κ3) is 4.75.